The molecule has 2 aliphatic rings. The lowest BCUT2D eigenvalue weighted by Gasteiger charge is -2.22. The lowest BCUT2D eigenvalue weighted by molar-refractivity contribution is -0.119. The number of amides is 1. The fourth-order valence-electron chi connectivity index (χ4n) is 4.37. The van der Waals surface area contributed by atoms with Crippen LogP contribution in [-0.2, 0) is 4.79 Å². The van der Waals surface area contributed by atoms with E-state index in [0.717, 1.165) is 55.1 Å². The number of thioether (sulfide) groups is 1. The van der Waals surface area contributed by atoms with E-state index < -0.39 is 5.54 Å². The Kier molecular flexibility index (Phi) is 6.12. The third-order valence-electron chi connectivity index (χ3n) is 5.85. The molecule has 2 aliphatic carbocycles. The summed E-state index contributed by atoms with van der Waals surface area (Å²) in [6.45, 7) is 0. The zero-order valence-electron chi connectivity index (χ0n) is 16.2. The van der Waals surface area contributed by atoms with Gasteiger partial charge in [0.2, 0.25) is 5.91 Å². The summed E-state index contributed by atoms with van der Waals surface area (Å²) in [6.07, 6.45) is 7.94. The molecule has 1 heterocycles. The first-order chi connectivity index (χ1) is 14.1. The van der Waals surface area contributed by atoms with Crippen molar-refractivity contribution in [3.63, 3.8) is 0 Å². The predicted octanol–water partition coefficient (Wildman–Crippen LogP) is 4.76. The highest BCUT2D eigenvalue weighted by molar-refractivity contribution is 7.99. The lowest BCUT2D eigenvalue weighted by atomic mass is 10.0. The van der Waals surface area contributed by atoms with Crippen molar-refractivity contribution in [1.82, 2.24) is 20.1 Å². The lowest BCUT2D eigenvalue weighted by Crippen LogP contribution is -2.45. The van der Waals surface area contributed by atoms with Crippen molar-refractivity contribution in [3.05, 3.63) is 29.3 Å². The van der Waals surface area contributed by atoms with E-state index in [1.807, 2.05) is 24.3 Å². The molecule has 0 bridgehead atoms. The van der Waals surface area contributed by atoms with Crippen molar-refractivity contribution >= 4 is 29.3 Å². The number of carbonyl (C=O) groups is 1. The van der Waals surface area contributed by atoms with Crippen LogP contribution in [0.4, 0.5) is 0 Å². The Bertz CT molecular complexity index is 925. The molecule has 0 spiro atoms. The monoisotopic (exact) mass is 429 g/mol. The Morgan fingerprint density at radius 3 is 2.66 bits per heavy atom. The minimum Gasteiger partial charge on any atom is -0.337 e. The van der Waals surface area contributed by atoms with Crippen LogP contribution in [0.1, 0.15) is 57.4 Å². The van der Waals surface area contributed by atoms with E-state index in [9.17, 15) is 10.1 Å². The number of aromatic nitrogens is 3. The van der Waals surface area contributed by atoms with Gasteiger partial charge in [-0.1, -0.05) is 48.3 Å². The molecule has 2 aromatic rings. The molecule has 152 valence electrons. The fraction of sp³-hybridized carbons (Fsp3) is 0.524. The SMILES string of the molecule is N#CC1(NC(=O)CSc2nnc(-c3ccccc3Cl)n2C2CCCC2)CCCC1. The van der Waals surface area contributed by atoms with Gasteiger partial charge in [-0.2, -0.15) is 5.26 Å². The third-order valence-corrected chi connectivity index (χ3v) is 7.12. The maximum absolute atomic E-state index is 12.5. The maximum atomic E-state index is 12.5. The minimum absolute atomic E-state index is 0.126. The van der Waals surface area contributed by atoms with Crippen LogP contribution in [-0.4, -0.2) is 32.0 Å². The maximum Gasteiger partial charge on any atom is 0.231 e. The highest BCUT2D eigenvalue weighted by atomic mass is 35.5. The van der Waals surface area contributed by atoms with Gasteiger partial charge < -0.3 is 5.32 Å². The van der Waals surface area contributed by atoms with E-state index in [-0.39, 0.29) is 11.7 Å². The Labute approximate surface area is 180 Å². The van der Waals surface area contributed by atoms with E-state index in [1.165, 1.54) is 24.6 Å². The predicted molar refractivity (Wildman–Crippen MR) is 114 cm³/mol. The average molecular weight is 430 g/mol. The summed E-state index contributed by atoms with van der Waals surface area (Å²) in [6, 6.07) is 10.3. The van der Waals surface area contributed by atoms with Crippen molar-refractivity contribution in [2.75, 3.05) is 5.75 Å². The van der Waals surface area contributed by atoms with E-state index in [2.05, 4.69) is 26.2 Å². The van der Waals surface area contributed by atoms with Crippen LogP contribution in [0.15, 0.2) is 29.4 Å². The van der Waals surface area contributed by atoms with Crippen molar-refractivity contribution in [2.24, 2.45) is 0 Å². The first kappa shape index (κ1) is 20.2. The summed E-state index contributed by atoms with van der Waals surface area (Å²) in [5, 5.41) is 22.6. The summed E-state index contributed by atoms with van der Waals surface area (Å²) >= 11 is 7.80. The first-order valence-electron chi connectivity index (χ1n) is 10.2. The van der Waals surface area contributed by atoms with Gasteiger partial charge in [0.1, 0.15) is 5.54 Å². The molecule has 4 rings (SSSR count). The van der Waals surface area contributed by atoms with Crippen molar-refractivity contribution in [3.8, 4) is 17.5 Å². The molecule has 2 fully saturated rings. The molecule has 29 heavy (non-hydrogen) atoms. The molecule has 0 saturated heterocycles. The summed E-state index contributed by atoms with van der Waals surface area (Å²) in [7, 11) is 0. The van der Waals surface area contributed by atoms with E-state index in [0.29, 0.717) is 11.1 Å². The Morgan fingerprint density at radius 2 is 1.97 bits per heavy atom. The molecule has 0 atom stereocenters. The number of nitriles is 1. The molecule has 6 nitrogen and oxygen atoms in total. The number of nitrogens with one attached hydrogen (secondary N) is 1. The number of halogens is 1. The third kappa shape index (κ3) is 4.29. The molecule has 0 aliphatic heterocycles. The Hall–Kier alpha value is -2.04. The zero-order valence-corrected chi connectivity index (χ0v) is 17.8. The summed E-state index contributed by atoms with van der Waals surface area (Å²) in [5.41, 5.74) is 0.165. The zero-order chi connectivity index (χ0) is 20.3. The second-order valence-corrected chi connectivity index (χ2v) is 9.18. The van der Waals surface area contributed by atoms with Gasteiger partial charge in [-0.05, 0) is 50.7 Å². The van der Waals surface area contributed by atoms with Gasteiger partial charge in [0.05, 0.1) is 16.8 Å². The molecular weight excluding hydrogens is 406 g/mol. The second kappa shape index (κ2) is 8.76. The number of carbonyl (C=O) groups excluding carboxylic acids is 1. The number of hydrogen-bond donors (Lipinski definition) is 1. The smallest absolute Gasteiger partial charge is 0.231 e. The van der Waals surface area contributed by atoms with Gasteiger partial charge in [0.25, 0.3) is 0 Å². The molecule has 2 saturated carbocycles. The van der Waals surface area contributed by atoms with Crippen LogP contribution in [0.25, 0.3) is 11.4 Å². The van der Waals surface area contributed by atoms with Crippen LogP contribution < -0.4 is 5.32 Å². The van der Waals surface area contributed by atoms with E-state index >= 15 is 0 Å². The molecule has 0 unspecified atom stereocenters. The summed E-state index contributed by atoms with van der Waals surface area (Å²) in [5.74, 6) is 0.852. The van der Waals surface area contributed by atoms with E-state index in [4.69, 9.17) is 11.6 Å². The highest BCUT2D eigenvalue weighted by Crippen LogP contribution is 2.38. The quantitative estimate of drug-likeness (QED) is 0.669. The van der Waals surface area contributed by atoms with Gasteiger partial charge in [-0.25, -0.2) is 0 Å². The molecule has 0 radical (unpaired) electrons. The van der Waals surface area contributed by atoms with Crippen molar-refractivity contribution in [1.29, 1.82) is 5.26 Å². The number of nitrogens with zero attached hydrogens (tertiary/aromatic N) is 4. The summed E-state index contributed by atoms with van der Waals surface area (Å²) < 4.78 is 2.15. The van der Waals surface area contributed by atoms with Crippen LogP contribution in [0.5, 0.6) is 0 Å². The molecule has 1 aromatic heterocycles. The van der Waals surface area contributed by atoms with Crippen LogP contribution in [0.3, 0.4) is 0 Å². The van der Waals surface area contributed by atoms with Gasteiger partial charge >= 0.3 is 0 Å². The standard InChI is InChI=1S/C21H24ClN5OS/c22-17-10-4-3-9-16(17)19-25-26-20(27(19)15-7-1-2-8-15)29-13-18(28)24-21(14-23)11-5-6-12-21/h3-4,9-10,15H,1-2,5-8,11-13H2,(H,24,28). The Morgan fingerprint density at radius 1 is 1.24 bits per heavy atom. The van der Waals surface area contributed by atoms with Crippen molar-refractivity contribution in [2.45, 2.75) is 68.1 Å². The van der Waals surface area contributed by atoms with E-state index in [1.54, 1.807) is 0 Å². The molecule has 1 amide bonds. The van der Waals surface area contributed by atoms with Crippen LogP contribution in [0, 0.1) is 11.3 Å². The molecule has 1 aromatic carbocycles. The number of hydrogen-bond acceptors (Lipinski definition) is 5. The van der Waals surface area contributed by atoms with Gasteiger partial charge in [-0.3, -0.25) is 9.36 Å². The normalized spacial score (nSPS) is 18.6. The molecule has 8 heteroatoms. The first-order valence-corrected chi connectivity index (χ1v) is 11.5. The van der Waals surface area contributed by atoms with Gasteiger partial charge in [0.15, 0.2) is 11.0 Å². The second-order valence-electron chi connectivity index (χ2n) is 7.83. The van der Waals surface area contributed by atoms with Gasteiger partial charge in [-0.15, -0.1) is 10.2 Å². The molecular formula is C21H24ClN5OS. The summed E-state index contributed by atoms with van der Waals surface area (Å²) in [4.78, 5) is 12.5. The minimum atomic E-state index is -0.695. The van der Waals surface area contributed by atoms with Crippen LogP contribution >= 0.6 is 23.4 Å². The molecule has 1 N–H and O–H groups in total. The number of benzene rings is 1. The topological polar surface area (TPSA) is 83.6 Å². The van der Waals surface area contributed by atoms with Crippen LogP contribution in [0.2, 0.25) is 5.02 Å². The average Bonchev–Trinajstić information content (AvgIpc) is 3.47. The Balaban J connectivity index is 1.54. The van der Waals surface area contributed by atoms with Gasteiger partial charge in [0, 0.05) is 11.6 Å². The fourth-order valence-corrected chi connectivity index (χ4v) is 5.40. The van der Waals surface area contributed by atoms with Crippen molar-refractivity contribution < 1.29 is 4.79 Å². The number of rotatable bonds is 6. The highest BCUT2D eigenvalue weighted by Gasteiger charge is 2.35. The largest absolute Gasteiger partial charge is 0.337 e.